The Labute approximate surface area is 159 Å². The minimum atomic E-state index is -1.82. The smallest absolute Gasteiger partial charge is 0.163 e. The fraction of sp³-hybridized carbons (Fsp3) is 0.727. The summed E-state index contributed by atoms with van der Waals surface area (Å²) >= 11 is 0. The monoisotopic (exact) mass is 374 g/mol. The van der Waals surface area contributed by atoms with Crippen LogP contribution in [0.1, 0.15) is 52.4 Å². The first-order valence-electron chi connectivity index (χ1n) is 10.3. The molecule has 1 aromatic rings. The number of hydrogen-bond donors (Lipinski definition) is 1. The topological polar surface area (TPSA) is 38.7 Å². The molecule has 3 aliphatic rings. The lowest BCUT2D eigenvalue weighted by molar-refractivity contribution is -0.381. The Hall–Kier alpha value is -0.683. The van der Waals surface area contributed by atoms with Gasteiger partial charge in [-0.05, 0) is 38.7 Å². The van der Waals surface area contributed by atoms with E-state index in [0.717, 1.165) is 25.9 Å². The Morgan fingerprint density at radius 1 is 1.08 bits per heavy atom. The van der Waals surface area contributed by atoms with Gasteiger partial charge in [0, 0.05) is 11.8 Å². The van der Waals surface area contributed by atoms with E-state index < -0.39 is 13.9 Å². The summed E-state index contributed by atoms with van der Waals surface area (Å²) in [7, 11) is -1.82. The molecule has 0 radical (unpaired) electrons. The average molecular weight is 375 g/mol. The first-order valence-corrected chi connectivity index (χ1v) is 13.4. The van der Waals surface area contributed by atoms with Crippen LogP contribution in [0.4, 0.5) is 0 Å². The molecule has 0 spiro atoms. The van der Waals surface area contributed by atoms with Gasteiger partial charge >= 0.3 is 0 Å². The quantitative estimate of drug-likeness (QED) is 0.788. The van der Waals surface area contributed by atoms with E-state index in [2.05, 4.69) is 43.4 Å². The van der Waals surface area contributed by atoms with Gasteiger partial charge in [0.15, 0.2) is 5.79 Å². The van der Waals surface area contributed by atoms with Gasteiger partial charge in [-0.2, -0.15) is 0 Å². The first kappa shape index (κ1) is 18.7. The highest BCUT2D eigenvalue weighted by Gasteiger charge is 2.67. The Morgan fingerprint density at radius 3 is 2.50 bits per heavy atom. The molecule has 1 aromatic carbocycles. The van der Waals surface area contributed by atoms with Crippen LogP contribution in [0.5, 0.6) is 0 Å². The molecular formula is C22H34O3Si. The van der Waals surface area contributed by atoms with Crippen molar-refractivity contribution in [3.8, 4) is 0 Å². The largest absolute Gasteiger partial charge is 0.393 e. The van der Waals surface area contributed by atoms with Crippen LogP contribution in [-0.2, 0) is 9.47 Å². The van der Waals surface area contributed by atoms with Gasteiger partial charge in [-0.3, -0.25) is 0 Å². The van der Waals surface area contributed by atoms with Crippen molar-refractivity contribution in [3.63, 3.8) is 0 Å². The Bertz CT molecular complexity index is 659. The molecule has 4 heteroatoms. The van der Waals surface area contributed by atoms with Crippen LogP contribution in [0.3, 0.4) is 0 Å². The highest BCUT2D eigenvalue weighted by molar-refractivity contribution is 6.91. The van der Waals surface area contributed by atoms with Gasteiger partial charge in [-0.1, -0.05) is 61.5 Å². The standard InChI is InChI=1S/C22H34O3Si/c1-20(2)24-16-21-12-8-9-13-22(21,25-20)15-17(23)14-19(21)26(3,4)18-10-6-5-7-11-18/h5-7,10-11,17,19,23H,8-9,12-16H2,1-4H3/t17-,19-,21-,22-/m1/s1. The van der Waals surface area contributed by atoms with Crippen LogP contribution in [0.15, 0.2) is 30.3 Å². The van der Waals surface area contributed by atoms with E-state index in [0.29, 0.717) is 5.54 Å². The molecule has 144 valence electrons. The third-order valence-corrected chi connectivity index (χ3v) is 12.0. The molecule has 1 heterocycles. The maximum absolute atomic E-state index is 10.9. The van der Waals surface area contributed by atoms with Crippen LogP contribution < -0.4 is 5.19 Å². The maximum Gasteiger partial charge on any atom is 0.163 e. The molecule has 3 nitrogen and oxygen atoms in total. The Kier molecular flexibility index (Phi) is 4.43. The molecule has 1 N–H and O–H groups in total. The summed E-state index contributed by atoms with van der Waals surface area (Å²) in [4.78, 5) is 0. The third-order valence-electron chi connectivity index (χ3n) is 7.61. The van der Waals surface area contributed by atoms with Crippen LogP contribution >= 0.6 is 0 Å². The number of benzene rings is 1. The van der Waals surface area contributed by atoms with E-state index in [9.17, 15) is 5.11 Å². The molecule has 0 aromatic heterocycles. The highest BCUT2D eigenvalue weighted by Crippen LogP contribution is 2.65. The lowest BCUT2D eigenvalue weighted by atomic mass is 9.55. The number of rotatable bonds is 2. The zero-order chi connectivity index (χ0) is 18.6. The lowest BCUT2D eigenvalue weighted by Gasteiger charge is -2.67. The Morgan fingerprint density at radius 2 is 1.77 bits per heavy atom. The van der Waals surface area contributed by atoms with Crippen molar-refractivity contribution in [1.29, 1.82) is 0 Å². The van der Waals surface area contributed by atoms with Crippen LogP contribution in [0.2, 0.25) is 18.6 Å². The number of aliphatic hydroxyl groups is 1. The fourth-order valence-corrected chi connectivity index (χ4v) is 10.6. The molecule has 2 aliphatic carbocycles. The maximum atomic E-state index is 10.9. The normalized spacial score (nSPS) is 39.7. The van der Waals surface area contributed by atoms with Crippen molar-refractivity contribution in [2.45, 2.75) is 88.5 Å². The highest BCUT2D eigenvalue weighted by atomic mass is 28.3. The third kappa shape index (κ3) is 2.72. The Balaban J connectivity index is 1.82. The molecule has 0 bridgehead atoms. The molecular weight excluding hydrogens is 340 g/mol. The van der Waals surface area contributed by atoms with E-state index in [-0.39, 0.29) is 17.1 Å². The molecule has 4 atom stereocenters. The number of ether oxygens (including phenoxy) is 2. The summed E-state index contributed by atoms with van der Waals surface area (Å²) in [5.41, 5.74) is 0.289. The minimum absolute atomic E-state index is 0.0472. The molecule has 3 fully saturated rings. The summed E-state index contributed by atoms with van der Waals surface area (Å²) in [6, 6.07) is 11.0. The van der Waals surface area contributed by atoms with Crippen molar-refractivity contribution in [1.82, 2.24) is 0 Å². The second kappa shape index (κ2) is 6.16. The molecule has 2 saturated carbocycles. The van der Waals surface area contributed by atoms with Crippen molar-refractivity contribution in [3.05, 3.63) is 30.3 Å². The molecule has 0 amide bonds. The molecule has 4 rings (SSSR count). The molecule has 26 heavy (non-hydrogen) atoms. The summed E-state index contributed by atoms with van der Waals surface area (Å²) < 4.78 is 13.0. The van der Waals surface area contributed by atoms with Crippen molar-refractivity contribution in [2.75, 3.05) is 6.61 Å². The van der Waals surface area contributed by atoms with Gasteiger partial charge in [-0.15, -0.1) is 0 Å². The fourth-order valence-electron chi connectivity index (χ4n) is 6.44. The predicted octanol–water partition coefficient (Wildman–Crippen LogP) is 4.21. The summed E-state index contributed by atoms with van der Waals surface area (Å²) in [5.74, 6) is -0.555. The van der Waals surface area contributed by atoms with Gasteiger partial charge in [0.2, 0.25) is 0 Å². The van der Waals surface area contributed by atoms with Gasteiger partial charge in [0.1, 0.15) is 0 Å². The van der Waals surface area contributed by atoms with Gasteiger partial charge in [0.25, 0.3) is 0 Å². The van der Waals surface area contributed by atoms with Crippen molar-refractivity contribution < 1.29 is 14.6 Å². The van der Waals surface area contributed by atoms with Gasteiger partial charge < -0.3 is 14.6 Å². The van der Waals surface area contributed by atoms with E-state index in [1.54, 1.807) is 0 Å². The van der Waals surface area contributed by atoms with E-state index in [4.69, 9.17) is 9.47 Å². The van der Waals surface area contributed by atoms with Crippen LogP contribution in [0.25, 0.3) is 0 Å². The van der Waals surface area contributed by atoms with Gasteiger partial charge in [-0.25, -0.2) is 0 Å². The van der Waals surface area contributed by atoms with E-state index in [1.165, 1.54) is 24.4 Å². The minimum Gasteiger partial charge on any atom is -0.393 e. The molecule has 1 aliphatic heterocycles. The number of aliphatic hydroxyl groups excluding tert-OH is 1. The second-order valence-corrected chi connectivity index (χ2v) is 14.6. The first-order chi connectivity index (χ1) is 12.2. The lowest BCUT2D eigenvalue weighted by Crippen LogP contribution is -2.71. The van der Waals surface area contributed by atoms with Crippen LogP contribution in [-0.4, -0.2) is 37.3 Å². The predicted molar refractivity (Wildman–Crippen MR) is 107 cm³/mol. The van der Waals surface area contributed by atoms with E-state index >= 15 is 0 Å². The second-order valence-electron chi connectivity index (χ2n) is 9.88. The van der Waals surface area contributed by atoms with Crippen LogP contribution in [0, 0.1) is 5.41 Å². The van der Waals surface area contributed by atoms with Gasteiger partial charge in [0.05, 0.1) is 26.4 Å². The summed E-state index contributed by atoms with van der Waals surface area (Å²) in [5, 5.41) is 12.4. The summed E-state index contributed by atoms with van der Waals surface area (Å²) in [6.45, 7) is 9.82. The summed E-state index contributed by atoms with van der Waals surface area (Å²) in [6.07, 6.45) is 6.08. The zero-order valence-corrected chi connectivity index (χ0v) is 17.8. The zero-order valence-electron chi connectivity index (χ0n) is 16.8. The van der Waals surface area contributed by atoms with Crippen molar-refractivity contribution in [2.24, 2.45) is 5.41 Å². The number of hydrogen-bond acceptors (Lipinski definition) is 3. The van der Waals surface area contributed by atoms with Crippen molar-refractivity contribution >= 4 is 13.3 Å². The van der Waals surface area contributed by atoms with E-state index in [1.807, 2.05) is 13.8 Å². The average Bonchev–Trinajstić information content (AvgIpc) is 2.59. The molecule has 0 unspecified atom stereocenters. The molecule has 1 saturated heterocycles. The SMILES string of the molecule is CC1(C)OC[C@@]23CCCC[C@]2(C[C@H](O)C[C@H]3[Si](C)(C)c2ccccc2)O1.